The van der Waals surface area contributed by atoms with Crippen molar-refractivity contribution in [2.75, 3.05) is 25.9 Å². The number of rotatable bonds is 3. The summed E-state index contributed by atoms with van der Waals surface area (Å²) in [6.07, 6.45) is 0. The predicted octanol–water partition coefficient (Wildman–Crippen LogP) is 0.434. The van der Waals surface area contributed by atoms with Crippen molar-refractivity contribution in [3.8, 4) is 5.75 Å². The van der Waals surface area contributed by atoms with Gasteiger partial charge < -0.3 is 20.5 Å². The molecule has 6 heteroatoms. The van der Waals surface area contributed by atoms with E-state index < -0.39 is 11.9 Å². The van der Waals surface area contributed by atoms with Crippen LogP contribution in [0.15, 0.2) is 18.2 Å². The molecule has 0 atom stereocenters. The highest BCUT2D eigenvalue weighted by Gasteiger charge is 2.36. The number of carboxylic acids is 1. The third kappa shape index (κ3) is 2.09. The Labute approximate surface area is 104 Å². The maximum absolute atomic E-state index is 12.1. The van der Waals surface area contributed by atoms with E-state index >= 15 is 0 Å². The number of anilines is 1. The van der Waals surface area contributed by atoms with Crippen LogP contribution in [0, 0.1) is 5.92 Å². The van der Waals surface area contributed by atoms with Gasteiger partial charge in [0.05, 0.1) is 18.6 Å². The first-order valence-electron chi connectivity index (χ1n) is 5.48. The van der Waals surface area contributed by atoms with Crippen LogP contribution in [0.25, 0.3) is 0 Å². The highest BCUT2D eigenvalue weighted by atomic mass is 16.5. The second-order valence-electron chi connectivity index (χ2n) is 4.21. The van der Waals surface area contributed by atoms with Gasteiger partial charge in [-0.2, -0.15) is 0 Å². The van der Waals surface area contributed by atoms with Crippen molar-refractivity contribution < 1.29 is 19.4 Å². The first-order valence-corrected chi connectivity index (χ1v) is 5.48. The van der Waals surface area contributed by atoms with Gasteiger partial charge in [-0.15, -0.1) is 0 Å². The van der Waals surface area contributed by atoms with Gasteiger partial charge in [0.2, 0.25) is 0 Å². The standard InChI is InChI=1S/C12H14N2O4/c1-18-10-4-8(13)2-3-9(10)11(15)14-5-7(6-14)12(16)17/h2-4,7H,5-6,13H2,1H3,(H,16,17). The number of nitrogens with zero attached hydrogens (tertiary/aromatic N) is 1. The molecule has 1 aromatic carbocycles. The summed E-state index contributed by atoms with van der Waals surface area (Å²) >= 11 is 0. The van der Waals surface area contributed by atoms with Crippen LogP contribution < -0.4 is 10.5 Å². The number of carboxylic acid groups (broad SMARTS) is 1. The first kappa shape index (κ1) is 12.2. The van der Waals surface area contributed by atoms with Gasteiger partial charge in [-0.05, 0) is 12.1 Å². The summed E-state index contributed by atoms with van der Waals surface area (Å²) in [5, 5.41) is 8.76. The summed E-state index contributed by atoms with van der Waals surface area (Å²) in [5.74, 6) is -1.17. The van der Waals surface area contributed by atoms with Crippen molar-refractivity contribution in [3.63, 3.8) is 0 Å². The maximum Gasteiger partial charge on any atom is 0.310 e. The lowest BCUT2D eigenvalue weighted by molar-refractivity contribution is -0.146. The fourth-order valence-electron chi connectivity index (χ4n) is 1.86. The van der Waals surface area contributed by atoms with Gasteiger partial charge in [-0.1, -0.05) is 0 Å². The summed E-state index contributed by atoms with van der Waals surface area (Å²) in [6.45, 7) is 0.476. The Bertz CT molecular complexity index is 495. The Morgan fingerprint density at radius 3 is 2.67 bits per heavy atom. The summed E-state index contributed by atoms with van der Waals surface area (Å²) in [7, 11) is 1.46. The van der Waals surface area contributed by atoms with Crippen LogP contribution in [-0.2, 0) is 4.79 Å². The molecule has 0 radical (unpaired) electrons. The maximum atomic E-state index is 12.1. The summed E-state index contributed by atoms with van der Waals surface area (Å²) in [5.41, 5.74) is 6.51. The number of hydrogen-bond acceptors (Lipinski definition) is 4. The Kier molecular flexibility index (Phi) is 3.10. The number of nitrogens with two attached hydrogens (primary N) is 1. The zero-order valence-electron chi connectivity index (χ0n) is 9.92. The summed E-state index contributed by atoms with van der Waals surface area (Å²) in [6, 6.07) is 4.77. The average molecular weight is 250 g/mol. The third-order valence-electron chi connectivity index (χ3n) is 2.97. The number of nitrogen functional groups attached to an aromatic ring is 1. The molecule has 6 nitrogen and oxygen atoms in total. The zero-order chi connectivity index (χ0) is 13.3. The van der Waals surface area contributed by atoms with Gasteiger partial charge >= 0.3 is 5.97 Å². The monoisotopic (exact) mass is 250 g/mol. The molecule has 1 aliphatic heterocycles. The van der Waals surface area contributed by atoms with E-state index in [2.05, 4.69) is 0 Å². The highest BCUT2D eigenvalue weighted by molar-refractivity contribution is 5.98. The number of methoxy groups -OCH3 is 1. The number of carbonyl (C=O) groups is 2. The molecule has 1 fully saturated rings. The smallest absolute Gasteiger partial charge is 0.310 e. The van der Waals surface area contributed by atoms with E-state index in [1.54, 1.807) is 18.2 Å². The number of likely N-dealkylation sites (tertiary alicyclic amines) is 1. The van der Waals surface area contributed by atoms with Crippen LogP contribution >= 0.6 is 0 Å². The minimum absolute atomic E-state index is 0.232. The van der Waals surface area contributed by atoms with Crippen LogP contribution in [-0.4, -0.2) is 42.1 Å². The summed E-state index contributed by atoms with van der Waals surface area (Å²) < 4.78 is 5.10. The largest absolute Gasteiger partial charge is 0.496 e. The number of amides is 1. The average Bonchev–Trinajstić information content (AvgIpc) is 2.25. The molecule has 0 aromatic heterocycles. The predicted molar refractivity (Wildman–Crippen MR) is 64.4 cm³/mol. The SMILES string of the molecule is COc1cc(N)ccc1C(=O)N1CC(C(=O)O)C1. The summed E-state index contributed by atoms with van der Waals surface area (Å²) in [4.78, 5) is 24.3. The minimum Gasteiger partial charge on any atom is -0.496 e. The van der Waals surface area contributed by atoms with Crippen molar-refractivity contribution >= 4 is 17.6 Å². The second-order valence-corrected chi connectivity index (χ2v) is 4.21. The van der Waals surface area contributed by atoms with E-state index in [1.807, 2.05) is 0 Å². The Morgan fingerprint density at radius 1 is 1.44 bits per heavy atom. The third-order valence-corrected chi connectivity index (χ3v) is 2.97. The van der Waals surface area contributed by atoms with Crippen LogP contribution in [0.2, 0.25) is 0 Å². The quantitative estimate of drug-likeness (QED) is 0.759. The van der Waals surface area contributed by atoms with Crippen molar-refractivity contribution in [3.05, 3.63) is 23.8 Å². The van der Waals surface area contributed by atoms with Crippen molar-refractivity contribution in [2.45, 2.75) is 0 Å². The molecule has 1 amide bonds. The van der Waals surface area contributed by atoms with E-state index in [9.17, 15) is 9.59 Å². The van der Waals surface area contributed by atoms with Crippen molar-refractivity contribution in [1.29, 1.82) is 0 Å². The molecule has 96 valence electrons. The molecule has 0 unspecified atom stereocenters. The van der Waals surface area contributed by atoms with Gasteiger partial charge in [0, 0.05) is 24.8 Å². The molecular weight excluding hydrogens is 236 g/mol. The van der Waals surface area contributed by atoms with Crippen LogP contribution in [0.1, 0.15) is 10.4 Å². The molecule has 0 saturated carbocycles. The van der Waals surface area contributed by atoms with Gasteiger partial charge in [0.25, 0.3) is 5.91 Å². The first-order chi connectivity index (χ1) is 8.52. The molecule has 1 aromatic rings. The number of aliphatic carboxylic acids is 1. The molecule has 3 N–H and O–H groups in total. The fraction of sp³-hybridized carbons (Fsp3) is 0.333. The lowest BCUT2D eigenvalue weighted by atomic mass is 9.99. The van der Waals surface area contributed by atoms with Gasteiger partial charge in [-0.3, -0.25) is 9.59 Å². The molecule has 1 saturated heterocycles. The van der Waals surface area contributed by atoms with Crippen LogP contribution in [0.4, 0.5) is 5.69 Å². The van der Waals surface area contributed by atoms with E-state index in [4.69, 9.17) is 15.6 Å². The Morgan fingerprint density at radius 2 is 2.11 bits per heavy atom. The molecule has 2 rings (SSSR count). The van der Waals surface area contributed by atoms with E-state index in [0.29, 0.717) is 17.0 Å². The minimum atomic E-state index is -0.872. The zero-order valence-corrected chi connectivity index (χ0v) is 9.92. The molecular formula is C12H14N2O4. The number of carbonyl (C=O) groups excluding carboxylic acids is 1. The second kappa shape index (κ2) is 4.56. The van der Waals surface area contributed by atoms with Crippen LogP contribution in [0.5, 0.6) is 5.75 Å². The van der Waals surface area contributed by atoms with Gasteiger partial charge in [0.1, 0.15) is 5.75 Å². The molecule has 0 spiro atoms. The normalized spacial score (nSPS) is 15.1. The van der Waals surface area contributed by atoms with Crippen LogP contribution in [0.3, 0.4) is 0 Å². The highest BCUT2D eigenvalue weighted by Crippen LogP contribution is 2.26. The Hall–Kier alpha value is -2.24. The molecule has 1 aliphatic rings. The van der Waals surface area contributed by atoms with E-state index in [1.165, 1.54) is 12.0 Å². The Balaban J connectivity index is 2.13. The fourth-order valence-corrected chi connectivity index (χ4v) is 1.86. The van der Waals surface area contributed by atoms with Gasteiger partial charge in [0.15, 0.2) is 0 Å². The lowest BCUT2D eigenvalue weighted by Gasteiger charge is -2.36. The van der Waals surface area contributed by atoms with Gasteiger partial charge in [-0.25, -0.2) is 0 Å². The molecule has 1 heterocycles. The number of ether oxygens (including phenoxy) is 1. The lowest BCUT2D eigenvalue weighted by Crippen LogP contribution is -2.53. The molecule has 0 bridgehead atoms. The molecule has 0 aliphatic carbocycles. The number of hydrogen-bond donors (Lipinski definition) is 2. The molecule has 18 heavy (non-hydrogen) atoms. The van der Waals surface area contributed by atoms with Crippen molar-refractivity contribution in [2.24, 2.45) is 5.92 Å². The van der Waals surface area contributed by atoms with E-state index in [-0.39, 0.29) is 19.0 Å². The van der Waals surface area contributed by atoms with Crippen molar-refractivity contribution in [1.82, 2.24) is 4.90 Å². The van der Waals surface area contributed by atoms with E-state index in [0.717, 1.165) is 0 Å². The topological polar surface area (TPSA) is 92.9 Å². The number of benzene rings is 1.